The lowest BCUT2D eigenvalue weighted by Gasteiger charge is -2.17. The minimum absolute atomic E-state index is 0.481. The van der Waals surface area contributed by atoms with E-state index in [9.17, 15) is 15.0 Å². The Morgan fingerprint density at radius 1 is 1.05 bits per heavy atom. The van der Waals surface area contributed by atoms with Crippen LogP contribution in [0.3, 0.4) is 0 Å². The van der Waals surface area contributed by atoms with Crippen molar-refractivity contribution in [3.05, 3.63) is 60.2 Å². The standard InChI is InChI=1S/C16H17NO4/c1-21-13-9-7-12(8-10-13)17-16(20)15(19)14(18)11-5-3-2-4-6-11/h2-10,14-15,18-19H,1H3,(H,17,20)/t14-,15+/m0/s1. The molecular formula is C16H17NO4. The monoisotopic (exact) mass is 287 g/mol. The summed E-state index contributed by atoms with van der Waals surface area (Å²) in [4.78, 5) is 11.9. The first kappa shape index (κ1) is 15.0. The number of rotatable bonds is 5. The number of carbonyl (C=O) groups is 1. The van der Waals surface area contributed by atoms with Gasteiger partial charge in [-0.3, -0.25) is 4.79 Å². The van der Waals surface area contributed by atoms with Crippen molar-refractivity contribution in [2.75, 3.05) is 12.4 Å². The van der Waals surface area contributed by atoms with E-state index in [1.807, 2.05) is 0 Å². The van der Waals surface area contributed by atoms with Crippen LogP contribution in [0.1, 0.15) is 11.7 Å². The molecule has 0 radical (unpaired) electrons. The van der Waals surface area contributed by atoms with Crippen LogP contribution in [0.25, 0.3) is 0 Å². The maximum Gasteiger partial charge on any atom is 0.256 e. The fraction of sp³-hybridized carbons (Fsp3) is 0.188. The molecule has 2 atom stereocenters. The average Bonchev–Trinajstić information content (AvgIpc) is 2.55. The maximum absolute atomic E-state index is 11.9. The van der Waals surface area contributed by atoms with E-state index in [2.05, 4.69) is 5.32 Å². The topological polar surface area (TPSA) is 78.8 Å². The average molecular weight is 287 g/mol. The first-order valence-electron chi connectivity index (χ1n) is 6.48. The van der Waals surface area contributed by atoms with E-state index in [1.54, 1.807) is 61.7 Å². The van der Waals surface area contributed by atoms with E-state index in [1.165, 1.54) is 0 Å². The molecule has 3 N–H and O–H groups in total. The Morgan fingerprint density at radius 2 is 1.67 bits per heavy atom. The zero-order valence-electron chi connectivity index (χ0n) is 11.6. The minimum atomic E-state index is -1.55. The van der Waals surface area contributed by atoms with Crippen molar-refractivity contribution in [3.63, 3.8) is 0 Å². The minimum Gasteiger partial charge on any atom is -0.497 e. The summed E-state index contributed by atoms with van der Waals surface area (Å²) in [7, 11) is 1.55. The van der Waals surface area contributed by atoms with Crippen LogP contribution in [-0.4, -0.2) is 29.3 Å². The molecule has 0 unspecified atom stereocenters. The number of amides is 1. The molecule has 0 aliphatic rings. The Labute approximate surface area is 122 Å². The molecule has 0 saturated carbocycles. The molecule has 0 spiro atoms. The third-order valence-electron chi connectivity index (χ3n) is 3.07. The molecule has 0 saturated heterocycles. The first-order valence-corrected chi connectivity index (χ1v) is 6.48. The molecule has 0 heterocycles. The van der Waals surface area contributed by atoms with Crippen molar-refractivity contribution in [2.45, 2.75) is 12.2 Å². The van der Waals surface area contributed by atoms with Crippen LogP contribution < -0.4 is 10.1 Å². The van der Waals surface area contributed by atoms with E-state index in [-0.39, 0.29) is 0 Å². The molecule has 2 rings (SSSR count). The molecule has 21 heavy (non-hydrogen) atoms. The van der Waals surface area contributed by atoms with Gasteiger partial charge in [-0.1, -0.05) is 30.3 Å². The first-order chi connectivity index (χ1) is 10.1. The Kier molecular flexibility index (Phi) is 4.92. The summed E-state index contributed by atoms with van der Waals surface area (Å²) in [6.07, 6.45) is -2.82. The molecule has 2 aromatic rings. The van der Waals surface area contributed by atoms with Gasteiger partial charge in [-0.25, -0.2) is 0 Å². The Balaban J connectivity index is 2.01. The summed E-state index contributed by atoms with van der Waals surface area (Å²) < 4.78 is 5.02. The van der Waals surface area contributed by atoms with Gasteiger partial charge in [0.2, 0.25) is 0 Å². The van der Waals surface area contributed by atoms with Crippen molar-refractivity contribution in [1.29, 1.82) is 0 Å². The highest BCUT2D eigenvalue weighted by Crippen LogP contribution is 2.19. The Hall–Kier alpha value is -2.37. The second-order valence-electron chi connectivity index (χ2n) is 4.52. The molecular weight excluding hydrogens is 270 g/mol. The highest BCUT2D eigenvalue weighted by Gasteiger charge is 2.25. The van der Waals surface area contributed by atoms with Gasteiger partial charge >= 0.3 is 0 Å². The molecule has 0 aromatic heterocycles. The zero-order valence-corrected chi connectivity index (χ0v) is 11.6. The van der Waals surface area contributed by atoms with Gasteiger partial charge in [-0.15, -0.1) is 0 Å². The van der Waals surface area contributed by atoms with Gasteiger partial charge in [0.25, 0.3) is 5.91 Å². The van der Waals surface area contributed by atoms with Gasteiger partial charge < -0.3 is 20.3 Å². The summed E-state index contributed by atoms with van der Waals surface area (Å²) in [5, 5.41) is 22.4. The third-order valence-corrected chi connectivity index (χ3v) is 3.07. The van der Waals surface area contributed by atoms with Gasteiger partial charge in [0, 0.05) is 5.69 Å². The lowest BCUT2D eigenvalue weighted by molar-refractivity contribution is -0.129. The van der Waals surface area contributed by atoms with Crippen LogP contribution in [0.4, 0.5) is 5.69 Å². The van der Waals surface area contributed by atoms with Crippen LogP contribution in [0, 0.1) is 0 Å². The molecule has 5 heteroatoms. The Morgan fingerprint density at radius 3 is 2.24 bits per heavy atom. The van der Waals surface area contributed by atoms with Crippen LogP contribution in [0.5, 0.6) is 5.75 Å². The summed E-state index contributed by atoms with van der Waals surface area (Å²) in [6, 6.07) is 15.2. The summed E-state index contributed by atoms with van der Waals surface area (Å²) >= 11 is 0. The molecule has 5 nitrogen and oxygen atoms in total. The van der Waals surface area contributed by atoms with Gasteiger partial charge in [0.1, 0.15) is 11.9 Å². The third kappa shape index (κ3) is 3.81. The number of aliphatic hydroxyl groups is 2. The number of methoxy groups -OCH3 is 1. The second kappa shape index (κ2) is 6.88. The molecule has 110 valence electrons. The number of ether oxygens (including phenoxy) is 1. The normalized spacial score (nSPS) is 13.3. The van der Waals surface area contributed by atoms with Crippen LogP contribution in [0.15, 0.2) is 54.6 Å². The van der Waals surface area contributed by atoms with Crippen LogP contribution >= 0.6 is 0 Å². The molecule has 0 aliphatic carbocycles. The van der Waals surface area contributed by atoms with Gasteiger partial charge in [-0.2, -0.15) is 0 Å². The highest BCUT2D eigenvalue weighted by molar-refractivity contribution is 5.94. The van der Waals surface area contributed by atoms with E-state index in [4.69, 9.17) is 4.74 Å². The summed E-state index contributed by atoms with van der Waals surface area (Å²) in [5.74, 6) is -0.00520. The number of hydrogen-bond donors (Lipinski definition) is 3. The number of hydrogen-bond acceptors (Lipinski definition) is 4. The zero-order chi connectivity index (χ0) is 15.2. The number of nitrogens with one attached hydrogen (secondary N) is 1. The SMILES string of the molecule is COc1ccc(NC(=O)[C@H](O)[C@@H](O)c2ccccc2)cc1. The second-order valence-corrected chi connectivity index (χ2v) is 4.52. The van der Waals surface area contributed by atoms with Crippen LogP contribution in [0.2, 0.25) is 0 Å². The van der Waals surface area contributed by atoms with E-state index >= 15 is 0 Å². The lowest BCUT2D eigenvalue weighted by Crippen LogP contribution is -2.33. The van der Waals surface area contributed by atoms with E-state index in [0.717, 1.165) is 0 Å². The fourth-order valence-electron chi connectivity index (χ4n) is 1.87. The van der Waals surface area contributed by atoms with Crippen molar-refractivity contribution >= 4 is 11.6 Å². The largest absolute Gasteiger partial charge is 0.497 e. The summed E-state index contributed by atoms with van der Waals surface area (Å²) in [6.45, 7) is 0. The molecule has 0 fully saturated rings. The van der Waals surface area contributed by atoms with Gasteiger partial charge in [0.05, 0.1) is 7.11 Å². The molecule has 1 amide bonds. The number of benzene rings is 2. The van der Waals surface area contributed by atoms with Gasteiger partial charge in [0.15, 0.2) is 6.10 Å². The molecule has 2 aromatic carbocycles. The highest BCUT2D eigenvalue weighted by atomic mass is 16.5. The maximum atomic E-state index is 11.9. The summed E-state index contributed by atoms with van der Waals surface area (Å²) in [5.41, 5.74) is 0.995. The number of carbonyl (C=O) groups excluding carboxylic acids is 1. The van der Waals surface area contributed by atoms with Crippen molar-refractivity contribution in [3.8, 4) is 5.75 Å². The van der Waals surface area contributed by atoms with Crippen molar-refractivity contribution in [1.82, 2.24) is 0 Å². The van der Waals surface area contributed by atoms with Crippen molar-refractivity contribution < 1.29 is 19.7 Å². The van der Waals surface area contributed by atoms with E-state index < -0.39 is 18.1 Å². The quantitative estimate of drug-likeness (QED) is 0.782. The predicted molar refractivity (Wildman–Crippen MR) is 79.0 cm³/mol. The molecule has 0 aliphatic heterocycles. The lowest BCUT2D eigenvalue weighted by atomic mass is 10.0. The van der Waals surface area contributed by atoms with Crippen molar-refractivity contribution in [2.24, 2.45) is 0 Å². The van der Waals surface area contributed by atoms with E-state index in [0.29, 0.717) is 17.0 Å². The molecule has 0 bridgehead atoms. The predicted octanol–water partition coefficient (Wildman–Crippen LogP) is 1.73. The number of aliphatic hydroxyl groups excluding tert-OH is 2. The fourth-order valence-corrected chi connectivity index (χ4v) is 1.87. The van der Waals surface area contributed by atoms with Gasteiger partial charge in [-0.05, 0) is 29.8 Å². The Bertz CT molecular complexity index is 583. The van der Waals surface area contributed by atoms with Crippen LogP contribution in [-0.2, 0) is 4.79 Å². The smallest absolute Gasteiger partial charge is 0.256 e. The number of anilines is 1.